The Morgan fingerprint density at radius 3 is 1.40 bits per heavy atom. The van der Waals surface area contributed by atoms with Gasteiger partial charge in [-0.1, -0.05) is 174 Å². The number of hydrogen-bond acceptors (Lipinski definition) is 3. The number of benzene rings is 2. The minimum Gasteiger partial charge on any atom is -0.264 e. The highest BCUT2D eigenvalue weighted by Crippen LogP contribution is 2.39. The lowest BCUT2D eigenvalue weighted by atomic mass is 9.99. The van der Waals surface area contributed by atoms with Crippen LogP contribution in [0.1, 0.15) is 176 Å². The molecule has 0 saturated heterocycles. The van der Waals surface area contributed by atoms with Crippen molar-refractivity contribution in [2.24, 2.45) is 0 Å². The molecule has 2 aromatic rings. The Morgan fingerprint density at radius 1 is 0.596 bits per heavy atom. The molecule has 0 aliphatic carbocycles. The van der Waals surface area contributed by atoms with E-state index in [0.717, 1.165) is 16.3 Å². The van der Waals surface area contributed by atoms with Crippen molar-refractivity contribution in [1.82, 2.24) is 0 Å². The molecule has 0 spiro atoms. The van der Waals surface area contributed by atoms with Gasteiger partial charge >= 0.3 is 0 Å². The minimum atomic E-state index is -3.76. The standard InChI is InChI=1S/C24H51P.C16H20O3S.CH5P/c1-4-7-10-13-16-19-22-25(23-20-17-14-11-8-5-2)24-21-18-15-12-9-6-3;1-11(2)14-10-9-13-7-5-6-8-15(13)16(14)20(17,18)19-12(3)4;1-2/h4-24H2,1-3H3;5-12H,1-4H3;2H2,1H3. The van der Waals surface area contributed by atoms with Crippen molar-refractivity contribution in [3.05, 3.63) is 42.0 Å². The first-order chi connectivity index (χ1) is 22.7. The summed E-state index contributed by atoms with van der Waals surface area (Å²) in [6.45, 7) is 16.3. The second-order valence-electron chi connectivity index (χ2n) is 13.6. The molecule has 0 heterocycles. The number of unbranched alkanes of at least 4 members (excludes halogenated alkanes) is 15. The lowest BCUT2D eigenvalue weighted by Gasteiger charge is -2.18. The Balaban J connectivity index is 0.000000870. The summed E-state index contributed by atoms with van der Waals surface area (Å²) in [5, 5.41) is 1.63. The molecule has 0 radical (unpaired) electrons. The lowest BCUT2D eigenvalue weighted by molar-refractivity contribution is 0.249. The molecule has 0 amide bonds. The maximum absolute atomic E-state index is 12.6. The van der Waals surface area contributed by atoms with Gasteiger partial charge in [0.2, 0.25) is 0 Å². The normalized spacial score (nSPS) is 11.6. The van der Waals surface area contributed by atoms with Gasteiger partial charge in [0, 0.05) is 5.39 Å². The molecular formula is C41H76O3P2S. The average molecular weight is 711 g/mol. The van der Waals surface area contributed by atoms with Crippen LogP contribution in [0.4, 0.5) is 0 Å². The van der Waals surface area contributed by atoms with E-state index < -0.39 is 10.1 Å². The summed E-state index contributed by atoms with van der Waals surface area (Å²) in [6, 6.07) is 11.3. The molecule has 0 N–H and O–H groups in total. The first kappa shape index (κ1) is 46.5. The fourth-order valence-electron chi connectivity index (χ4n) is 5.98. The highest BCUT2D eigenvalue weighted by molar-refractivity contribution is 7.87. The van der Waals surface area contributed by atoms with Gasteiger partial charge in [-0.15, -0.1) is 17.2 Å². The third-order valence-electron chi connectivity index (χ3n) is 8.58. The Hall–Kier alpha value is -0.530. The van der Waals surface area contributed by atoms with Crippen LogP contribution >= 0.6 is 17.2 Å². The first-order valence-electron chi connectivity index (χ1n) is 19.4. The second kappa shape index (κ2) is 30.3. The van der Waals surface area contributed by atoms with Crippen LogP contribution in [0.25, 0.3) is 10.8 Å². The highest BCUT2D eigenvalue weighted by Gasteiger charge is 2.25. The molecule has 1 atom stereocenters. The van der Waals surface area contributed by atoms with Crippen LogP contribution in [0.15, 0.2) is 41.3 Å². The van der Waals surface area contributed by atoms with Crippen LogP contribution in [0.2, 0.25) is 0 Å². The fraction of sp³-hybridized carbons (Fsp3) is 0.756. The Morgan fingerprint density at radius 2 is 1.00 bits per heavy atom. The van der Waals surface area contributed by atoms with Gasteiger partial charge < -0.3 is 0 Å². The van der Waals surface area contributed by atoms with E-state index in [2.05, 4.69) is 30.0 Å². The Bertz CT molecular complexity index is 1060. The van der Waals surface area contributed by atoms with Gasteiger partial charge in [0.15, 0.2) is 0 Å². The van der Waals surface area contributed by atoms with Gasteiger partial charge in [0.1, 0.15) is 4.90 Å². The summed E-state index contributed by atoms with van der Waals surface area (Å²) in [5.74, 6) is 0.111. The van der Waals surface area contributed by atoms with Crippen LogP contribution in [-0.2, 0) is 14.3 Å². The predicted molar refractivity (Wildman–Crippen MR) is 219 cm³/mol. The van der Waals surface area contributed by atoms with Gasteiger partial charge in [-0.3, -0.25) is 4.18 Å². The SMILES string of the molecule is CC(C)OS(=O)(=O)c1c(C(C)C)ccc2ccccc12.CCCCCCCCP(CCCCCCCC)CCCCCCCC.CP. The van der Waals surface area contributed by atoms with Gasteiger partial charge in [0.25, 0.3) is 10.1 Å². The molecule has 0 aliphatic heterocycles. The molecule has 0 saturated carbocycles. The maximum atomic E-state index is 12.6. The zero-order chi connectivity index (χ0) is 35.3. The van der Waals surface area contributed by atoms with Gasteiger partial charge in [0.05, 0.1) is 6.10 Å². The molecule has 3 nitrogen and oxygen atoms in total. The predicted octanol–water partition coefficient (Wildman–Crippen LogP) is 14.1. The van der Waals surface area contributed by atoms with E-state index in [-0.39, 0.29) is 12.0 Å². The van der Waals surface area contributed by atoms with Crippen molar-refractivity contribution < 1.29 is 12.6 Å². The van der Waals surface area contributed by atoms with Crippen LogP contribution in [0.5, 0.6) is 0 Å². The van der Waals surface area contributed by atoms with Crippen LogP contribution in [-0.4, -0.2) is 39.7 Å². The minimum absolute atomic E-state index is 0.111. The maximum Gasteiger partial charge on any atom is 0.298 e. The lowest BCUT2D eigenvalue weighted by Crippen LogP contribution is -2.15. The van der Waals surface area contributed by atoms with E-state index >= 15 is 0 Å². The van der Waals surface area contributed by atoms with Gasteiger partial charge in [-0.25, -0.2) is 0 Å². The van der Waals surface area contributed by atoms with Crippen molar-refractivity contribution in [2.75, 3.05) is 25.2 Å². The molecule has 0 aliphatic rings. The molecule has 1 unspecified atom stereocenters. The summed E-state index contributed by atoms with van der Waals surface area (Å²) >= 11 is 0. The molecule has 2 rings (SSSR count). The van der Waals surface area contributed by atoms with Crippen molar-refractivity contribution >= 4 is 38.1 Å². The van der Waals surface area contributed by atoms with E-state index in [4.69, 9.17) is 4.18 Å². The Labute approximate surface area is 297 Å². The molecular weight excluding hydrogens is 634 g/mol. The van der Waals surface area contributed by atoms with Crippen LogP contribution < -0.4 is 0 Å². The number of rotatable bonds is 25. The highest BCUT2D eigenvalue weighted by atomic mass is 32.2. The van der Waals surface area contributed by atoms with Crippen LogP contribution in [0, 0.1) is 0 Å². The number of fused-ring (bicyclic) bond motifs is 1. The molecule has 274 valence electrons. The summed E-state index contributed by atoms with van der Waals surface area (Å²) in [4.78, 5) is 0.305. The quantitative estimate of drug-likeness (QED) is 0.0585. The monoisotopic (exact) mass is 710 g/mol. The molecule has 0 aromatic heterocycles. The van der Waals surface area contributed by atoms with Crippen molar-refractivity contribution in [3.8, 4) is 0 Å². The smallest absolute Gasteiger partial charge is 0.264 e. The third-order valence-corrected chi connectivity index (χ3v) is 13.0. The van der Waals surface area contributed by atoms with Crippen molar-refractivity contribution in [2.45, 2.75) is 181 Å². The van der Waals surface area contributed by atoms with Gasteiger partial charge in [-0.05, 0) is 68.5 Å². The summed E-state index contributed by atoms with van der Waals surface area (Å²) in [7, 11) is -0.979. The molecule has 6 heteroatoms. The summed E-state index contributed by atoms with van der Waals surface area (Å²) in [6.07, 6.45) is 30.9. The second-order valence-corrected chi connectivity index (χ2v) is 17.8. The summed E-state index contributed by atoms with van der Waals surface area (Å²) < 4.78 is 30.3. The summed E-state index contributed by atoms with van der Waals surface area (Å²) in [5.41, 5.74) is 0.796. The molecule has 47 heavy (non-hydrogen) atoms. The third kappa shape index (κ3) is 22.0. The van der Waals surface area contributed by atoms with E-state index in [0.29, 0.717) is 12.8 Å². The Kier molecular flexibility index (Phi) is 30.0. The van der Waals surface area contributed by atoms with Crippen molar-refractivity contribution in [1.29, 1.82) is 0 Å². The number of hydrogen-bond donors (Lipinski definition) is 0. The largest absolute Gasteiger partial charge is 0.298 e. The van der Waals surface area contributed by atoms with Gasteiger partial charge in [-0.2, -0.15) is 8.42 Å². The zero-order valence-electron chi connectivity index (χ0n) is 32.1. The van der Waals surface area contributed by atoms with Crippen LogP contribution in [0.3, 0.4) is 0 Å². The first-order valence-corrected chi connectivity index (χ1v) is 23.9. The molecule has 0 fully saturated rings. The molecule has 0 bridgehead atoms. The van der Waals surface area contributed by atoms with E-state index in [9.17, 15) is 8.42 Å². The van der Waals surface area contributed by atoms with Crippen molar-refractivity contribution in [3.63, 3.8) is 0 Å². The fourth-order valence-corrected chi connectivity index (χ4v) is 10.3. The zero-order valence-corrected chi connectivity index (χ0v) is 35.0. The van der Waals surface area contributed by atoms with E-state index in [1.807, 2.05) is 56.9 Å². The van der Waals surface area contributed by atoms with E-state index in [1.54, 1.807) is 32.3 Å². The topological polar surface area (TPSA) is 43.4 Å². The molecule has 2 aromatic carbocycles. The van der Waals surface area contributed by atoms with E-state index in [1.165, 1.54) is 116 Å². The average Bonchev–Trinajstić information content (AvgIpc) is 3.05.